The summed E-state index contributed by atoms with van der Waals surface area (Å²) in [5, 5.41) is 1.08. The minimum Gasteiger partial charge on any atom is -0.493 e. The van der Waals surface area contributed by atoms with Gasteiger partial charge in [0.05, 0.1) is 25.2 Å². The lowest BCUT2D eigenvalue weighted by molar-refractivity contribution is 0.0748. The van der Waals surface area contributed by atoms with E-state index in [-0.39, 0.29) is 17.5 Å². The van der Waals surface area contributed by atoms with Crippen LogP contribution in [0.15, 0.2) is 23.1 Å². The average molecular weight is 344 g/mol. The molecule has 1 atom stereocenters. The summed E-state index contributed by atoms with van der Waals surface area (Å²) in [5.74, 6) is 0.950. The van der Waals surface area contributed by atoms with Crippen molar-refractivity contribution in [2.45, 2.75) is 39.3 Å². The van der Waals surface area contributed by atoms with Crippen LogP contribution in [-0.2, 0) is 6.54 Å². The summed E-state index contributed by atoms with van der Waals surface area (Å²) < 4.78 is 12.3. The van der Waals surface area contributed by atoms with Crippen molar-refractivity contribution >= 4 is 16.7 Å². The van der Waals surface area contributed by atoms with E-state index in [9.17, 15) is 9.59 Å². The molecule has 1 saturated heterocycles. The van der Waals surface area contributed by atoms with Gasteiger partial charge in [0.1, 0.15) is 0 Å². The van der Waals surface area contributed by atoms with Gasteiger partial charge in [-0.25, -0.2) is 0 Å². The normalized spacial score (nSPS) is 17.1. The Labute approximate surface area is 146 Å². The smallest absolute Gasteiger partial charge is 0.258 e. The fourth-order valence-electron chi connectivity index (χ4n) is 3.51. The summed E-state index contributed by atoms with van der Waals surface area (Å²) in [7, 11) is 3.07. The molecular formula is C19H24N2O4. The maximum atomic E-state index is 13.1. The zero-order valence-electron chi connectivity index (χ0n) is 15.2. The summed E-state index contributed by atoms with van der Waals surface area (Å²) in [6.45, 7) is 5.20. The molecule has 1 aliphatic rings. The number of nitrogens with zero attached hydrogens (tertiary/aromatic N) is 2. The van der Waals surface area contributed by atoms with Gasteiger partial charge < -0.3 is 18.9 Å². The van der Waals surface area contributed by atoms with Gasteiger partial charge in [-0.3, -0.25) is 9.59 Å². The molecule has 1 amide bonds. The molecule has 0 aliphatic carbocycles. The second-order valence-electron chi connectivity index (χ2n) is 6.38. The van der Waals surface area contributed by atoms with Crippen LogP contribution in [0.1, 0.15) is 37.0 Å². The molecule has 134 valence electrons. The van der Waals surface area contributed by atoms with E-state index in [2.05, 4.69) is 6.92 Å². The molecule has 0 radical (unpaired) electrons. The molecule has 6 nitrogen and oxygen atoms in total. The molecule has 6 heteroatoms. The predicted octanol–water partition coefficient (Wildman–Crippen LogP) is 2.66. The van der Waals surface area contributed by atoms with E-state index < -0.39 is 0 Å². The molecule has 1 aromatic heterocycles. The summed E-state index contributed by atoms with van der Waals surface area (Å²) in [6, 6.07) is 3.60. The Bertz CT molecular complexity index is 872. The van der Waals surface area contributed by atoms with E-state index in [1.165, 1.54) is 7.11 Å². The second kappa shape index (κ2) is 6.78. The van der Waals surface area contributed by atoms with Crippen molar-refractivity contribution in [1.82, 2.24) is 9.47 Å². The molecule has 25 heavy (non-hydrogen) atoms. The van der Waals surface area contributed by atoms with Gasteiger partial charge in [-0.15, -0.1) is 0 Å². The van der Waals surface area contributed by atoms with E-state index >= 15 is 0 Å². The lowest BCUT2D eigenvalue weighted by Gasteiger charge is -2.23. The van der Waals surface area contributed by atoms with Crippen LogP contribution in [0, 0.1) is 0 Å². The highest BCUT2D eigenvalue weighted by Gasteiger charge is 2.28. The topological polar surface area (TPSA) is 60.8 Å². The number of methoxy groups -OCH3 is 2. The lowest BCUT2D eigenvalue weighted by atomic mass is 10.0. The average Bonchev–Trinajstić information content (AvgIpc) is 3.06. The van der Waals surface area contributed by atoms with Crippen LogP contribution in [0.25, 0.3) is 10.8 Å². The van der Waals surface area contributed by atoms with Crippen molar-refractivity contribution in [3.63, 3.8) is 0 Å². The molecule has 1 unspecified atom stereocenters. The van der Waals surface area contributed by atoms with Crippen LogP contribution in [0.2, 0.25) is 0 Å². The first kappa shape index (κ1) is 17.3. The maximum absolute atomic E-state index is 13.1. The first-order valence-corrected chi connectivity index (χ1v) is 8.62. The number of aryl methyl sites for hydroxylation is 1. The Morgan fingerprint density at radius 3 is 2.36 bits per heavy atom. The van der Waals surface area contributed by atoms with E-state index in [1.807, 2.05) is 11.8 Å². The third-order valence-electron chi connectivity index (χ3n) is 4.98. The first-order valence-electron chi connectivity index (χ1n) is 8.62. The SMILES string of the molecule is CCn1cc(C(=O)N2CCCC2C)c2cc(OC)c(OC)cc2c1=O. The largest absolute Gasteiger partial charge is 0.493 e. The van der Waals surface area contributed by atoms with E-state index in [4.69, 9.17) is 9.47 Å². The zero-order valence-corrected chi connectivity index (χ0v) is 15.2. The fraction of sp³-hybridized carbons (Fsp3) is 0.474. The number of fused-ring (bicyclic) bond motifs is 1. The summed E-state index contributed by atoms with van der Waals surface area (Å²) >= 11 is 0. The number of rotatable bonds is 4. The highest BCUT2D eigenvalue weighted by molar-refractivity contribution is 6.07. The van der Waals surface area contributed by atoms with Crippen LogP contribution in [0.3, 0.4) is 0 Å². The molecule has 1 aliphatic heterocycles. The monoisotopic (exact) mass is 344 g/mol. The van der Waals surface area contributed by atoms with Gasteiger partial charge in [0.25, 0.3) is 11.5 Å². The van der Waals surface area contributed by atoms with Crippen LogP contribution >= 0.6 is 0 Å². The van der Waals surface area contributed by atoms with Gasteiger partial charge in [-0.05, 0) is 38.8 Å². The van der Waals surface area contributed by atoms with Crippen molar-refractivity contribution in [1.29, 1.82) is 0 Å². The minimum absolute atomic E-state index is 0.0376. The Balaban J connectivity index is 2.28. The fourth-order valence-corrected chi connectivity index (χ4v) is 3.51. The molecule has 3 rings (SSSR count). The Kier molecular flexibility index (Phi) is 4.70. The number of aromatic nitrogens is 1. The van der Waals surface area contributed by atoms with Crippen molar-refractivity contribution in [2.75, 3.05) is 20.8 Å². The quantitative estimate of drug-likeness (QED) is 0.855. The molecule has 2 aromatic rings. The number of carbonyl (C=O) groups excluding carboxylic acids is 1. The number of pyridine rings is 1. The van der Waals surface area contributed by atoms with E-state index in [1.54, 1.807) is 30.0 Å². The van der Waals surface area contributed by atoms with Crippen molar-refractivity contribution in [3.8, 4) is 11.5 Å². The maximum Gasteiger partial charge on any atom is 0.258 e. The van der Waals surface area contributed by atoms with E-state index in [0.717, 1.165) is 19.4 Å². The number of carbonyl (C=O) groups is 1. The lowest BCUT2D eigenvalue weighted by Crippen LogP contribution is -2.35. The van der Waals surface area contributed by atoms with Gasteiger partial charge in [-0.2, -0.15) is 0 Å². The van der Waals surface area contributed by atoms with Gasteiger partial charge in [0.2, 0.25) is 0 Å². The summed E-state index contributed by atoms with van der Waals surface area (Å²) in [4.78, 5) is 27.8. The third-order valence-corrected chi connectivity index (χ3v) is 4.98. The number of likely N-dealkylation sites (tertiary alicyclic amines) is 1. The number of hydrogen-bond donors (Lipinski definition) is 0. The number of hydrogen-bond acceptors (Lipinski definition) is 4. The highest BCUT2D eigenvalue weighted by Crippen LogP contribution is 2.33. The second-order valence-corrected chi connectivity index (χ2v) is 6.38. The number of ether oxygens (including phenoxy) is 2. The van der Waals surface area contributed by atoms with Crippen LogP contribution in [0.4, 0.5) is 0 Å². The van der Waals surface area contributed by atoms with Gasteiger partial charge in [0, 0.05) is 30.7 Å². The van der Waals surface area contributed by atoms with Gasteiger partial charge in [-0.1, -0.05) is 0 Å². The standard InChI is InChI=1S/C19H24N2O4/c1-5-20-11-15(19(23)21-8-6-7-12(21)2)13-9-16(24-3)17(25-4)10-14(13)18(20)22/h9-12H,5-8H2,1-4H3. The van der Waals surface area contributed by atoms with Crippen molar-refractivity contribution < 1.29 is 14.3 Å². The Morgan fingerprint density at radius 1 is 1.20 bits per heavy atom. The molecule has 0 spiro atoms. The van der Waals surface area contributed by atoms with Crippen LogP contribution in [-0.4, -0.2) is 42.2 Å². The van der Waals surface area contributed by atoms with Gasteiger partial charge in [0.15, 0.2) is 11.5 Å². The first-order chi connectivity index (χ1) is 12.0. The molecule has 2 heterocycles. The molecule has 1 fully saturated rings. The van der Waals surface area contributed by atoms with Crippen molar-refractivity contribution in [2.24, 2.45) is 0 Å². The Morgan fingerprint density at radius 2 is 1.84 bits per heavy atom. The summed E-state index contributed by atoms with van der Waals surface area (Å²) in [6.07, 6.45) is 3.69. The van der Waals surface area contributed by atoms with Gasteiger partial charge >= 0.3 is 0 Å². The van der Waals surface area contributed by atoms with Crippen LogP contribution < -0.4 is 15.0 Å². The minimum atomic E-state index is -0.135. The molecule has 1 aromatic carbocycles. The number of amides is 1. The zero-order chi connectivity index (χ0) is 18.1. The molecule has 0 saturated carbocycles. The van der Waals surface area contributed by atoms with Crippen LogP contribution in [0.5, 0.6) is 11.5 Å². The molecule has 0 N–H and O–H groups in total. The van der Waals surface area contributed by atoms with E-state index in [0.29, 0.717) is 34.4 Å². The molecular weight excluding hydrogens is 320 g/mol. The Hall–Kier alpha value is -2.50. The molecule has 0 bridgehead atoms. The third kappa shape index (κ3) is 2.86. The van der Waals surface area contributed by atoms with Crippen molar-refractivity contribution in [3.05, 3.63) is 34.2 Å². The summed E-state index contributed by atoms with van der Waals surface area (Å²) in [5.41, 5.74) is 0.399. The number of benzene rings is 1. The predicted molar refractivity (Wildman–Crippen MR) is 96.7 cm³/mol. The highest BCUT2D eigenvalue weighted by atomic mass is 16.5.